The molecule has 0 bridgehead atoms. The van der Waals surface area contributed by atoms with E-state index in [9.17, 15) is 34.8 Å². The molecule has 9 nitrogen and oxygen atoms in total. The molecule has 1 aliphatic rings. The zero-order valence-corrected chi connectivity index (χ0v) is 19.5. The van der Waals surface area contributed by atoms with Gasteiger partial charge in [0, 0.05) is 26.1 Å². The minimum Gasteiger partial charge on any atom is -0.741 e. The second-order valence-corrected chi connectivity index (χ2v) is 10.4. The smallest absolute Gasteiger partial charge is 0.485 e. The SMILES string of the molecule is CC[n+]1c(C)n(CC(F)(F)F)c2cc(S(=O)(=O)N3CCOCC3)ccc21.O=S(=O)([O-])C(F)(F)F. The van der Waals surface area contributed by atoms with Crippen LogP contribution in [0.25, 0.3) is 11.0 Å². The van der Waals surface area contributed by atoms with Gasteiger partial charge in [-0.2, -0.15) is 30.6 Å². The van der Waals surface area contributed by atoms with Crippen LogP contribution in [0.15, 0.2) is 23.1 Å². The molecule has 0 saturated carbocycles. The molecule has 194 valence electrons. The van der Waals surface area contributed by atoms with E-state index in [0.717, 1.165) is 4.57 Å². The Kier molecular flexibility index (Phi) is 8.29. The highest BCUT2D eigenvalue weighted by Gasteiger charge is 2.37. The lowest BCUT2D eigenvalue weighted by molar-refractivity contribution is -0.675. The van der Waals surface area contributed by atoms with Gasteiger partial charge in [0.2, 0.25) is 10.0 Å². The maximum absolute atomic E-state index is 13.0. The van der Waals surface area contributed by atoms with Gasteiger partial charge in [-0.3, -0.25) is 0 Å². The number of fused-ring (bicyclic) bond motifs is 1. The fourth-order valence-corrected chi connectivity index (χ4v) is 4.75. The van der Waals surface area contributed by atoms with Crippen LogP contribution >= 0.6 is 0 Å². The molecule has 0 atom stereocenters. The van der Waals surface area contributed by atoms with Crippen LogP contribution in [-0.4, -0.2) is 68.2 Å². The monoisotopic (exact) mass is 541 g/mol. The third-order valence-electron chi connectivity index (χ3n) is 4.85. The minimum atomic E-state index is -6.09. The van der Waals surface area contributed by atoms with Crippen LogP contribution < -0.4 is 4.57 Å². The average molecular weight is 541 g/mol. The number of aromatic nitrogens is 2. The molecule has 2 heterocycles. The van der Waals surface area contributed by atoms with Gasteiger partial charge in [-0.1, -0.05) is 0 Å². The topological polar surface area (TPSA) is 113 Å². The molecular weight excluding hydrogens is 520 g/mol. The van der Waals surface area contributed by atoms with Crippen LogP contribution in [0, 0.1) is 6.92 Å². The summed E-state index contributed by atoms with van der Waals surface area (Å²) >= 11 is 0. The summed E-state index contributed by atoms with van der Waals surface area (Å²) in [5, 5.41) is 0. The molecule has 0 amide bonds. The van der Waals surface area contributed by atoms with E-state index < -0.39 is 38.4 Å². The lowest BCUT2D eigenvalue weighted by Gasteiger charge is -2.25. The van der Waals surface area contributed by atoms with Gasteiger partial charge in [0.25, 0.3) is 5.82 Å². The van der Waals surface area contributed by atoms with E-state index in [4.69, 9.17) is 17.7 Å². The number of benzene rings is 1. The number of imidazole rings is 1. The van der Waals surface area contributed by atoms with E-state index in [1.54, 1.807) is 17.6 Å². The first-order valence-electron chi connectivity index (χ1n) is 9.59. The molecule has 2 aromatic rings. The van der Waals surface area contributed by atoms with Gasteiger partial charge in [-0.25, -0.2) is 26.0 Å². The summed E-state index contributed by atoms with van der Waals surface area (Å²) in [7, 11) is -9.87. The van der Waals surface area contributed by atoms with Gasteiger partial charge in [-0.05, 0) is 19.1 Å². The molecule has 1 fully saturated rings. The maximum atomic E-state index is 13.0. The van der Waals surface area contributed by atoms with Crippen LogP contribution in [0.4, 0.5) is 26.3 Å². The number of nitrogens with zero attached hydrogens (tertiary/aromatic N) is 3. The Labute approximate surface area is 191 Å². The number of hydrogen-bond donors (Lipinski definition) is 0. The van der Waals surface area contributed by atoms with Gasteiger partial charge < -0.3 is 9.29 Å². The normalized spacial score (nSPS) is 16.4. The lowest BCUT2D eigenvalue weighted by atomic mass is 10.3. The van der Waals surface area contributed by atoms with Crippen LogP contribution in [0.3, 0.4) is 0 Å². The Hall–Kier alpha value is -1.95. The molecule has 1 aromatic heterocycles. The van der Waals surface area contributed by atoms with Crippen LogP contribution in [0.1, 0.15) is 12.7 Å². The largest absolute Gasteiger partial charge is 0.741 e. The molecule has 0 radical (unpaired) electrons. The molecule has 0 unspecified atom stereocenters. The summed E-state index contributed by atoms with van der Waals surface area (Å²) < 4.78 is 133. The van der Waals surface area contributed by atoms with Crippen molar-refractivity contribution in [1.82, 2.24) is 8.87 Å². The van der Waals surface area contributed by atoms with Crippen LogP contribution in [0.2, 0.25) is 0 Å². The van der Waals surface area contributed by atoms with Crippen molar-refractivity contribution in [3.05, 3.63) is 24.0 Å². The van der Waals surface area contributed by atoms with Crippen LogP contribution in [0.5, 0.6) is 0 Å². The van der Waals surface area contributed by atoms with Crippen molar-refractivity contribution in [3.63, 3.8) is 0 Å². The third kappa shape index (κ3) is 6.38. The molecule has 34 heavy (non-hydrogen) atoms. The first kappa shape index (κ1) is 28.3. The summed E-state index contributed by atoms with van der Waals surface area (Å²) in [4.78, 5) is -0.00363. The van der Waals surface area contributed by atoms with Crippen molar-refractivity contribution in [2.45, 2.75) is 43.5 Å². The Morgan fingerprint density at radius 1 is 1.06 bits per heavy atom. The highest BCUT2D eigenvalue weighted by molar-refractivity contribution is 7.89. The standard InChI is InChI=1S/C16H21F3N3O3S.CHF3O3S/c1-3-21-12(2)22(11-16(17,18)19)15-10-13(4-5-14(15)21)26(23,24)20-6-8-25-9-7-20;2-1(3,4)8(5,6)7/h4-5,10H,3,6-9,11H2,1-2H3;(H,5,6,7)/q+1;/p-1. The number of hydrogen-bond acceptors (Lipinski definition) is 6. The predicted octanol–water partition coefficient (Wildman–Crippen LogP) is 1.89. The summed E-state index contributed by atoms with van der Waals surface area (Å²) in [5.74, 6) is 0.431. The zero-order valence-electron chi connectivity index (χ0n) is 17.9. The molecule has 0 N–H and O–H groups in total. The number of aryl methyl sites for hydroxylation is 1. The number of alkyl halides is 6. The lowest BCUT2D eigenvalue weighted by Crippen LogP contribution is -2.40. The Bertz CT molecular complexity index is 1230. The number of ether oxygens (including phenoxy) is 1. The number of sulfonamides is 1. The van der Waals surface area contributed by atoms with Crippen molar-refractivity contribution in [2.75, 3.05) is 26.3 Å². The first-order valence-corrected chi connectivity index (χ1v) is 12.4. The van der Waals surface area contributed by atoms with E-state index in [-0.39, 0.29) is 23.5 Å². The van der Waals surface area contributed by atoms with Crippen molar-refractivity contribution in [1.29, 1.82) is 0 Å². The molecule has 1 aromatic carbocycles. The molecule has 1 aliphatic heterocycles. The van der Waals surface area contributed by atoms with Crippen molar-refractivity contribution < 1.29 is 57.0 Å². The fraction of sp³-hybridized carbons (Fsp3) is 0.588. The maximum Gasteiger partial charge on any atom is 0.485 e. The van der Waals surface area contributed by atoms with E-state index in [2.05, 4.69) is 0 Å². The van der Waals surface area contributed by atoms with E-state index >= 15 is 0 Å². The minimum absolute atomic E-state index is 0.00363. The third-order valence-corrected chi connectivity index (χ3v) is 7.32. The van der Waals surface area contributed by atoms with Crippen molar-refractivity contribution >= 4 is 31.2 Å². The number of halogens is 6. The first-order chi connectivity index (χ1) is 15.4. The quantitative estimate of drug-likeness (QED) is 0.253. The van der Waals surface area contributed by atoms with Gasteiger partial charge in [0.05, 0.1) is 24.7 Å². The van der Waals surface area contributed by atoms with E-state index in [0.29, 0.717) is 31.1 Å². The Balaban J connectivity index is 0.000000440. The van der Waals surface area contributed by atoms with Crippen LogP contribution in [-0.2, 0) is 38.0 Å². The summed E-state index contributed by atoms with van der Waals surface area (Å²) in [6, 6.07) is 4.37. The summed E-state index contributed by atoms with van der Waals surface area (Å²) in [5.41, 5.74) is -4.81. The highest BCUT2D eigenvalue weighted by atomic mass is 32.2. The van der Waals surface area contributed by atoms with Gasteiger partial charge in [0.15, 0.2) is 27.7 Å². The van der Waals surface area contributed by atoms with Crippen molar-refractivity contribution in [3.8, 4) is 0 Å². The second-order valence-electron chi connectivity index (χ2n) is 7.06. The molecule has 0 spiro atoms. The molecule has 0 aliphatic carbocycles. The molecule has 3 rings (SSSR count). The molecule has 17 heteroatoms. The molecular formula is C17H21F6N3O6S2. The fourth-order valence-electron chi connectivity index (χ4n) is 3.32. The number of rotatable bonds is 4. The second kappa shape index (κ2) is 9.96. The van der Waals surface area contributed by atoms with Crippen molar-refractivity contribution in [2.24, 2.45) is 0 Å². The van der Waals surface area contributed by atoms with Gasteiger partial charge >= 0.3 is 11.7 Å². The predicted molar refractivity (Wildman–Crippen MR) is 104 cm³/mol. The zero-order chi connectivity index (χ0) is 26.1. The van der Waals surface area contributed by atoms with Gasteiger partial charge in [-0.15, -0.1) is 0 Å². The molecule has 1 saturated heterocycles. The summed E-state index contributed by atoms with van der Waals surface area (Å²) in [6.45, 7) is 3.85. The average Bonchev–Trinajstić information content (AvgIpc) is 2.96. The Morgan fingerprint density at radius 3 is 2.03 bits per heavy atom. The van der Waals surface area contributed by atoms with E-state index in [1.807, 2.05) is 6.92 Å². The number of morpholine rings is 1. The highest BCUT2D eigenvalue weighted by Crippen LogP contribution is 2.26. The van der Waals surface area contributed by atoms with Gasteiger partial charge in [0.1, 0.15) is 0 Å². The van der Waals surface area contributed by atoms with E-state index in [1.165, 1.54) is 16.4 Å². The summed E-state index contributed by atoms with van der Waals surface area (Å²) in [6.07, 6.45) is -4.40. The Morgan fingerprint density at radius 2 is 1.59 bits per heavy atom.